The van der Waals surface area contributed by atoms with Crippen LogP contribution in [0.5, 0.6) is 5.88 Å². The Morgan fingerprint density at radius 3 is 2.50 bits per heavy atom. The van der Waals surface area contributed by atoms with E-state index in [0.717, 1.165) is 47.1 Å². The highest BCUT2D eigenvalue weighted by molar-refractivity contribution is 5.94. The van der Waals surface area contributed by atoms with Crippen molar-refractivity contribution in [3.05, 3.63) is 59.7 Å². The molecule has 1 saturated heterocycles. The number of hydrogen-bond donors (Lipinski definition) is 1. The summed E-state index contributed by atoms with van der Waals surface area (Å²) in [6, 6.07) is 11.7. The molecule has 0 aliphatic carbocycles. The van der Waals surface area contributed by atoms with Crippen molar-refractivity contribution >= 4 is 17.3 Å². The summed E-state index contributed by atoms with van der Waals surface area (Å²) in [5.74, 6) is 2.35. The smallest absolute Gasteiger partial charge is 0.253 e. The maximum atomic E-state index is 13.1. The zero-order valence-corrected chi connectivity index (χ0v) is 18.9. The number of benzene rings is 1. The van der Waals surface area contributed by atoms with Gasteiger partial charge in [0.05, 0.1) is 30.2 Å². The second-order valence-electron chi connectivity index (χ2n) is 8.69. The summed E-state index contributed by atoms with van der Waals surface area (Å²) in [5.41, 5.74) is 3.57. The number of aromatic nitrogens is 3. The molecule has 32 heavy (non-hydrogen) atoms. The molecule has 0 radical (unpaired) electrons. The summed E-state index contributed by atoms with van der Waals surface area (Å²) in [5, 5.41) is 3.73. The minimum atomic E-state index is -0.282. The van der Waals surface area contributed by atoms with Gasteiger partial charge in [-0.05, 0) is 50.1 Å². The molecular formula is C24H28N6O2. The average molecular weight is 433 g/mol. The Labute approximate surface area is 187 Å². The zero-order valence-electron chi connectivity index (χ0n) is 18.9. The van der Waals surface area contributed by atoms with Crippen LogP contribution < -0.4 is 15.0 Å². The zero-order chi connectivity index (χ0) is 22.5. The van der Waals surface area contributed by atoms with Gasteiger partial charge in [-0.1, -0.05) is 0 Å². The van der Waals surface area contributed by atoms with Gasteiger partial charge in [-0.2, -0.15) is 4.98 Å². The molecule has 0 atom stereocenters. The Morgan fingerprint density at radius 1 is 1.12 bits per heavy atom. The Bertz CT molecular complexity index is 1160. The molecule has 5 rings (SSSR count). The number of methoxy groups -OCH3 is 1. The van der Waals surface area contributed by atoms with Gasteiger partial charge in [-0.3, -0.25) is 9.36 Å². The van der Waals surface area contributed by atoms with Gasteiger partial charge in [0.15, 0.2) is 5.82 Å². The molecule has 2 aliphatic heterocycles. The number of nitrogens with zero attached hydrogens (tertiary/aromatic N) is 5. The Balaban J connectivity index is 1.39. The van der Waals surface area contributed by atoms with Gasteiger partial charge in [-0.25, -0.2) is 4.98 Å². The predicted octanol–water partition coefficient (Wildman–Crippen LogP) is 3.21. The minimum Gasteiger partial charge on any atom is -0.481 e. The van der Waals surface area contributed by atoms with Crippen LogP contribution in [0.3, 0.4) is 0 Å². The summed E-state index contributed by atoms with van der Waals surface area (Å²) < 4.78 is 7.45. The van der Waals surface area contributed by atoms with Crippen molar-refractivity contribution in [3.63, 3.8) is 0 Å². The molecule has 166 valence electrons. The van der Waals surface area contributed by atoms with Crippen LogP contribution in [-0.4, -0.2) is 59.6 Å². The second kappa shape index (κ2) is 7.55. The molecule has 4 heterocycles. The first-order chi connectivity index (χ1) is 15.4. The van der Waals surface area contributed by atoms with Crippen LogP contribution in [0.4, 0.5) is 11.4 Å². The van der Waals surface area contributed by atoms with Crippen molar-refractivity contribution in [1.82, 2.24) is 19.4 Å². The van der Waals surface area contributed by atoms with Gasteiger partial charge in [-0.15, -0.1) is 0 Å². The van der Waals surface area contributed by atoms with Gasteiger partial charge < -0.3 is 19.9 Å². The number of imidazole rings is 1. The number of ether oxygens (including phenoxy) is 1. The molecule has 1 spiro atoms. The van der Waals surface area contributed by atoms with Crippen LogP contribution in [-0.2, 0) is 5.54 Å². The third-order valence-electron chi connectivity index (χ3n) is 6.61. The molecule has 1 N–H and O–H groups in total. The fourth-order valence-electron chi connectivity index (χ4n) is 4.74. The number of nitrogens with one attached hydrogen (secondary N) is 1. The molecule has 2 aromatic heterocycles. The number of likely N-dealkylation sites (tertiary alicyclic amines) is 1. The maximum Gasteiger partial charge on any atom is 0.253 e. The molecule has 1 amide bonds. The maximum absolute atomic E-state index is 13.1. The number of amides is 1. The van der Waals surface area contributed by atoms with E-state index < -0.39 is 0 Å². The van der Waals surface area contributed by atoms with Gasteiger partial charge >= 0.3 is 0 Å². The summed E-state index contributed by atoms with van der Waals surface area (Å²) in [6.45, 7) is 3.33. The monoisotopic (exact) mass is 432 g/mol. The summed E-state index contributed by atoms with van der Waals surface area (Å²) in [4.78, 5) is 26.3. The normalized spacial score (nSPS) is 16.2. The Kier molecular flexibility index (Phi) is 4.80. The Hall–Kier alpha value is -3.55. The van der Waals surface area contributed by atoms with Crippen molar-refractivity contribution in [2.45, 2.75) is 25.3 Å². The molecule has 3 aromatic rings. The molecule has 0 bridgehead atoms. The number of piperidine rings is 1. The highest BCUT2D eigenvalue weighted by Gasteiger charge is 2.44. The van der Waals surface area contributed by atoms with Crippen molar-refractivity contribution in [2.75, 3.05) is 44.5 Å². The molecule has 2 aliphatic rings. The summed E-state index contributed by atoms with van der Waals surface area (Å²) >= 11 is 0. The third-order valence-corrected chi connectivity index (χ3v) is 6.61. The van der Waals surface area contributed by atoms with E-state index in [4.69, 9.17) is 4.74 Å². The first-order valence-electron chi connectivity index (χ1n) is 10.9. The lowest BCUT2D eigenvalue weighted by Gasteiger charge is -2.45. The lowest BCUT2D eigenvalue weighted by Crippen LogP contribution is -2.51. The number of rotatable bonds is 3. The first-order valence-corrected chi connectivity index (χ1v) is 10.9. The van der Waals surface area contributed by atoms with E-state index in [9.17, 15) is 4.79 Å². The van der Waals surface area contributed by atoms with Crippen LogP contribution >= 0.6 is 0 Å². The van der Waals surface area contributed by atoms with Gasteiger partial charge in [0.2, 0.25) is 5.88 Å². The van der Waals surface area contributed by atoms with Crippen molar-refractivity contribution in [2.24, 2.45) is 0 Å². The van der Waals surface area contributed by atoms with E-state index in [0.29, 0.717) is 19.0 Å². The van der Waals surface area contributed by atoms with Crippen molar-refractivity contribution in [1.29, 1.82) is 0 Å². The summed E-state index contributed by atoms with van der Waals surface area (Å²) in [6.07, 6.45) is 3.53. The van der Waals surface area contributed by atoms with E-state index in [1.807, 2.05) is 73.4 Å². The standard InChI is InChI=1S/C24H28N6O2/c1-16-25-15-20-24(27-19-9-10-21(32-4)26-22(19)30(16)20)11-13-29(14-12-24)23(31)17-5-7-18(8-6-17)28(2)3/h5-10,15,27H,11-14H2,1-4H3. The van der Waals surface area contributed by atoms with Crippen molar-refractivity contribution < 1.29 is 9.53 Å². The van der Waals surface area contributed by atoms with Crippen LogP contribution in [0.25, 0.3) is 5.82 Å². The molecule has 8 nitrogen and oxygen atoms in total. The third kappa shape index (κ3) is 3.18. The first kappa shape index (κ1) is 20.4. The highest BCUT2D eigenvalue weighted by atomic mass is 16.5. The molecule has 8 heteroatoms. The van der Waals surface area contributed by atoms with E-state index in [1.54, 1.807) is 7.11 Å². The highest BCUT2D eigenvalue weighted by Crippen LogP contribution is 2.43. The number of carbonyl (C=O) groups excluding carboxylic acids is 1. The van der Waals surface area contributed by atoms with E-state index in [-0.39, 0.29) is 11.4 Å². The lowest BCUT2D eigenvalue weighted by molar-refractivity contribution is 0.0676. The molecule has 1 aromatic carbocycles. The Morgan fingerprint density at radius 2 is 1.84 bits per heavy atom. The SMILES string of the molecule is COc1ccc2c(n1)-n1c(cnc1C)C1(CCN(C(=O)c3ccc(N(C)C)cc3)CC1)N2. The van der Waals surface area contributed by atoms with Crippen LogP contribution in [0, 0.1) is 6.92 Å². The topological polar surface area (TPSA) is 75.5 Å². The van der Waals surface area contributed by atoms with Crippen LogP contribution in [0.1, 0.15) is 34.7 Å². The number of hydrogen-bond acceptors (Lipinski definition) is 6. The fraction of sp³-hybridized carbons (Fsp3) is 0.375. The second-order valence-corrected chi connectivity index (χ2v) is 8.69. The van der Waals surface area contributed by atoms with Gasteiger partial charge in [0, 0.05) is 44.5 Å². The quantitative estimate of drug-likeness (QED) is 0.685. The minimum absolute atomic E-state index is 0.0810. The molecule has 0 unspecified atom stereocenters. The van der Waals surface area contributed by atoms with E-state index in [2.05, 4.69) is 19.9 Å². The molecule has 0 saturated carbocycles. The number of pyridine rings is 1. The average Bonchev–Trinajstić information content (AvgIpc) is 3.22. The largest absolute Gasteiger partial charge is 0.481 e. The van der Waals surface area contributed by atoms with Crippen LogP contribution in [0.2, 0.25) is 0 Å². The number of fused-ring (bicyclic) bond motifs is 4. The number of carbonyl (C=O) groups is 1. The lowest BCUT2D eigenvalue weighted by atomic mass is 9.82. The number of anilines is 2. The molecular weight excluding hydrogens is 404 g/mol. The van der Waals surface area contributed by atoms with E-state index >= 15 is 0 Å². The fourth-order valence-corrected chi connectivity index (χ4v) is 4.74. The summed E-state index contributed by atoms with van der Waals surface area (Å²) in [7, 11) is 5.61. The van der Waals surface area contributed by atoms with Crippen LogP contribution in [0.15, 0.2) is 42.6 Å². The van der Waals surface area contributed by atoms with E-state index in [1.165, 1.54) is 0 Å². The predicted molar refractivity (Wildman–Crippen MR) is 124 cm³/mol. The van der Waals surface area contributed by atoms with Gasteiger partial charge in [0.25, 0.3) is 5.91 Å². The van der Waals surface area contributed by atoms with Gasteiger partial charge in [0.1, 0.15) is 5.82 Å². The number of aryl methyl sites for hydroxylation is 1. The molecule has 1 fully saturated rings. The van der Waals surface area contributed by atoms with Crippen molar-refractivity contribution in [3.8, 4) is 11.7 Å².